The number of hydrogen-bond acceptors (Lipinski definition) is 9. The van der Waals surface area contributed by atoms with E-state index in [0.717, 1.165) is 16.6 Å². The van der Waals surface area contributed by atoms with Crippen molar-refractivity contribution in [3.05, 3.63) is 60.8 Å². The van der Waals surface area contributed by atoms with Crippen LogP contribution in [0.1, 0.15) is 11.7 Å². The van der Waals surface area contributed by atoms with Crippen LogP contribution < -0.4 is 19.7 Å². The van der Waals surface area contributed by atoms with Crippen molar-refractivity contribution in [1.29, 1.82) is 0 Å². The maximum Gasteiger partial charge on any atom is 0.180 e. The molecule has 0 radical (unpaired) electrons. The summed E-state index contributed by atoms with van der Waals surface area (Å²) in [6.45, 7) is 0.192. The minimum atomic E-state index is -0.847. The van der Waals surface area contributed by atoms with E-state index in [-0.39, 0.29) is 6.54 Å². The first-order valence-electron chi connectivity index (χ1n) is 11.4. The molecule has 4 aromatic heterocycles. The van der Waals surface area contributed by atoms with Crippen LogP contribution in [0.4, 0.5) is 11.5 Å². The van der Waals surface area contributed by atoms with Crippen LogP contribution in [0.3, 0.4) is 0 Å². The molecule has 0 fully saturated rings. The Hall–Kier alpha value is -4.08. The summed E-state index contributed by atoms with van der Waals surface area (Å²) in [5, 5.41) is 20.4. The van der Waals surface area contributed by atoms with Crippen LogP contribution in [0.15, 0.2) is 55.2 Å². The second-order valence-electron chi connectivity index (χ2n) is 8.51. The van der Waals surface area contributed by atoms with Crippen molar-refractivity contribution in [3.63, 3.8) is 0 Å². The zero-order chi connectivity index (χ0) is 26.1. The Balaban J connectivity index is 1.63. The summed E-state index contributed by atoms with van der Waals surface area (Å²) in [5.74, 6) is 1.81. The van der Waals surface area contributed by atoms with Crippen molar-refractivity contribution in [3.8, 4) is 22.8 Å². The maximum absolute atomic E-state index is 11.1. The van der Waals surface area contributed by atoms with E-state index in [1.165, 1.54) is 0 Å². The first-order valence-corrected chi connectivity index (χ1v) is 12.0. The zero-order valence-corrected chi connectivity index (χ0v) is 22.1. The molecule has 190 valence electrons. The number of aryl methyl sites for hydroxylation is 2. The standard InChI is InChI=1S/C25H27N8O3P/c1-31-12-15(9-27-31)19-11-26-18-5-6-23(30-25(18)29-19)33(14-21(34)16-10-28-32(2)13-16)20-7-17(35-3)8-22(36-4)24(20)37/h5-13,21,34H,14,37H2,1-4H3. The predicted octanol–water partition coefficient (Wildman–Crippen LogP) is 2.55. The van der Waals surface area contributed by atoms with E-state index in [9.17, 15) is 5.11 Å². The zero-order valence-electron chi connectivity index (χ0n) is 20.9. The third-order valence-electron chi connectivity index (χ3n) is 5.97. The minimum Gasteiger partial charge on any atom is -0.497 e. The van der Waals surface area contributed by atoms with Crippen molar-refractivity contribution < 1.29 is 14.6 Å². The third kappa shape index (κ3) is 4.96. The molecule has 1 N–H and O–H groups in total. The van der Waals surface area contributed by atoms with Crippen LogP contribution in [0.5, 0.6) is 11.5 Å². The number of pyridine rings is 1. The van der Waals surface area contributed by atoms with Gasteiger partial charge in [-0.3, -0.25) is 14.3 Å². The number of aliphatic hydroxyl groups excluding tert-OH is 1. The van der Waals surface area contributed by atoms with E-state index < -0.39 is 6.10 Å². The molecule has 2 atom stereocenters. The van der Waals surface area contributed by atoms with E-state index in [1.807, 2.05) is 43.4 Å². The number of fused-ring (bicyclic) bond motifs is 1. The highest BCUT2D eigenvalue weighted by Crippen LogP contribution is 2.34. The Morgan fingerprint density at radius 3 is 2.46 bits per heavy atom. The quantitative estimate of drug-likeness (QED) is 0.309. The molecule has 1 aromatic carbocycles. The predicted molar refractivity (Wildman–Crippen MR) is 144 cm³/mol. The molecule has 2 unspecified atom stereocenters. The number of benzene rings is 1. The van der Waals surface area contributed by atoms with E-state index >= 15 is 0 Å². The van der Waals surface area contributed by atoms with Gasteiger partial charge in [0.1, 0.15) is 22.8 Å². The number of aromatic nitrogens is 7. The Morgan fingerprint density at radius 2 is 1.78 bits per heavy atom. The van der Waals surface area contributed by atoms with Crippen molar-refractivity contribution in [2.45, 2.75) is 6.10 Å². The minimum absolute atomic E-state index is 0.192. The van der Waals surface area contributed by atoms with Gasteiger partial charge in [0.2, 0.25) is 0 Å². The van der Waals surface area contributed by atoms with Gasteiger partial charge in [-0.15, -0.1) is 0 Å². The van der Waals surface area contributed by atoms with Gasteiger partial charge in [0, 0.05) is 55.1 Å². The molecule has 0 spiro atoms. The van der Waals surface area contributed by atoms with Crippen molar-refractivity contribution in [2.24, 2.45) is 14.1 Å². The summed E-state index contributed by atoms with van der Waals surface area (Å²) in [6.07, 6.45) is 7.91. The van der Waals surface area contributed by atoms with Crippen LogP contribution in [0.2, 0.25) is 0 Å². The Bertz CT molecular complexity index is 1570. The molecule has 0 saturated heterocycles. The summed E-state index contributed by atoms with van der Waals surface area (Å²) < 4.78 is 14.5. The maximum atomic E-state index is 11.1. The molecule has 4 heterocycles. The van der Waals surface area contributed by atoms with Gasteiger partial charge < -0.3 is 19.5 Å². The summed E-state index contributed by atoms with van der Waals surface area (Å²) in [6, 6.07) is 7.40. The molecule has 12 heteroatoms. The van der Waals surface area contributed by atoms with Gasteiger partial charge in [-0.2, -0.15) is 10.2 Å². The number of nitrogens with zero attached hydrogens (tertiary/aromatic N) is 8. The summed E-state index contributed by atoms with van der Waals surface area (Å²) in [5.41, 5.74) is 4.07. The molecule has 0 aliphatic rings. The number of rotatable bonds is 8. The Kier molecular flexibility index (Phi) is 6.73. The Morgan fingerprint density at radius 1 is 1.00 bits per heavy atom. The normalized spacial score (nSPS) is 12.1. The lowest BCUT2D eigenvalue weighted by Crippen LogP contribution is -2.28. The number of aliphatic hydroxyl groups is 1. The highest BCUT2D eigenvalue weighted by Gasteiger charge is 2.23. The topological polar surface area (TPSA) is 116 Å². The monoisotopic (exact) mass is 518 g/mol. The first kappa shape index (κ1) is 24.6. The highest BCUT2D eigenvalue weighted by molar-refractivity contribution is 7.28. The van der Waals surface area contributed by atoms with Crippen molar-refractivity contribution in [2.75, 3.05) is 25.7 Å². The van der Waals surface area contributed by atoms with Crippen LogP contribution in [-0.2, 0) is 14.1 Å². The van der Waals surface area contributed by atoms with Gasteiger partial charge >= 0.3 is 0 Å². The van der Waals surface area contributed by atoms with Gasteiger partial charge in [-0.25, -0.2) is 9.97 Å². The highest BCUT2D eigenvalue weighted by atomic mass is 31.0. The van der Waals surface area contributed by atoms with Gasteiger partial charge in [-0.1, -0.05) is 9.24 Å². The summed E-state index contributed by atoms with van der Waals surface area (Å²) >= 11 is 0. The van der Waals surface area contributed by atoms with Gasteiger partial charge in [-0.05, 0) is 12.1 Å². The van der Waals surface area contributed by atoms with Crippen LogP contribution in [0, 0.1) is 0 Å². The molecule has 5 aromatic rings. The van der Waals surface area contributed by atoms with Crippen molar-refractivity contribution in [1.82, 2.24) is 34.5 Å². The van der Waals surface area contributed by atoms with Crippen LogP contribution >= 0.6 is 9.24 Å². The smallest absolute Gasteiger partial charge is 0.180 e. The molecule has 0 amide bonds. The average molecular weight is 519 g/mol. The fourth-order valence-corrected chi connectivity index (χ4v) is 4.47. The lowest BCUT2D eigenvalue weighted by molar-refractivity contribution is 0.186. The SMILES string of the molecule is COc1cc(OC)c(P)c(N(CC(O)c2cnn(C)c2)c2ccc3ncc(-c4cnn(C)c4)nc3n2)c1. The van der Waals surface area contributed by atoms with Crippen molar-refractivity contribution >= 4 is 37.2 Å². The number of hydrogen-bond donors (Lipinski definition) is 1. The molecule has 0 bridgehead atoms. The number of ether oxygens (including phenoxy) is 2. The fourth-order valence-electron chi connectivity index (χ4n) is 4.03. The molecule has 0 aliphatic heterocycles. The lowest BCUT2D eigenvalue weighted by Gasteiger charge is -2.28. The Labute approximate surface area is 215 Å². The number of anilines is 2. The second kappa shape index (κ2) is 10.1. The van der Waals surface area contributed by atoms with E-state index in [1.54, 1.807) is 54.4 Å². The van der Waals surface area contributed by atoms with Gasteiger partial charge in [0.05, 0.1) is 56.8 Å². The first-order chi connectivity index (χ1) is 17.9. The van der Waals surface area contributed by atoms with E-state index in [2.05, 4.69) is 24.4 Å². The van der Waals surface area contributed by atoms with E-state index in [4.69, 9.17) is 19.4 Å². The molecule has 0 saturated carbocycles. The largest absolute Gasteiger partial charge is 0.497 e. The van der Waals surface area contributed by atoms with E-state index in [0.29, 0.717) is 39.7 Å². The van der Waals surface area contributed by atoms with Gasteiger partial charge in [0.15, 0.2) is 5.65 Å². The molecule has 37 heavy (non-hydrogen) atoms. The second-order valence-corrected chi connectivity index (χ2v) is 9.08. The van der Waals surface area contributed by atoms with Crippen LogP contribution in [0.25, 0.3) is 22.4 Å². The lowest BCUT2D eigenvalue weighted by atomic mass is 10.1. The fraction of sp³-hybridized carbons (Fsp3) is 0.240. The average Bonchev–Trinajstić information content (AvgIpc) is 3.55. The molecule has 11 nitrogen and oxygen atoms in total. The summed E-state index contributed by atoms with van der Waals surface area (Å²) in [4.78, 5) is 16.0. The number of methoxy groups -OCH3 is 2. The molecular weight excluding hydrogens is 491 g/mol. The third-order valence-corrected chi connectivity index (χ3v) is 6.55. The molecule has 0 aliphatic carbocycles. The molecule has 5 rings (SSSR count). The molecular formula is C25H27N8O3P. The van der Waals surface area contributed by atoms with Crippen LogP contribution in [-0.4, -0.2) is 60.4 Å². The summed E-state index contributed by atoms with van der Waals surface area (Å²) in [7, 11) is 9.57. The van der Waals surface area contributed by atoms with Gasteiger partial charge in [0.25, 0.3) is 0 Å².